The van der Waals surface area contributed by atoms with E-state index < -0.39 is 5.60 Å². The minimum atomic E-state index is -0.481. The number of benzene rings is 2. The van der Waals surface area contributed by atoms with Gasteiger partial charge in [0, 0.05) is 57.0 Å². The van der Waals surface area contributed by atoms with Crippen molar-refractivity contribution in [1.82, 2.24) is 19.4 Å². The summed E-state index contributed by atoms with van der Waals surface area (Å²) in [6, 6.07) is 20.3. The van der Waals surface area contributed by atoms with Crippen molar-refractivity contribution >= 4 is 23.1 Å². The van der Waals surface area contributed by atoms with Crippen LogP contribution in [0.4, 0.5) is 4.79 Å². The number of rotatable bonds is 6. The highest BCUT2D eigenvalue weighted by molar-refractivity contribution is 5.93. The molecule has 1 aliphatic rings. The van der Waals surface area contributed by atoms with Crippen LogP contribution in [0.1, 0.15) is 42.3 Å². The molecule has 4 aromatic rings. The van der Waals surface area contributed by atoms with E-state index in [4.69, 9.17) is 9.47 Å². The van der Waals surface area contributed by atoms with Crippen LogP contribution >= 0.6 is 0 Å². The number of piperazine rings is 1. The van der Waals surface area contributed by atoms with Gasteiger partial charge in [-0.2, -0.15) is 0 Å². The van der Waals surface area contributed by atoms with Crippen LogP contribution in [0, 0.1) is 0 Å². The third-order valence-electron chi connectivity index (χ3n) is 7.06. The molecule has 3 heterocycles. The molecule has 40 heavy (non-hydrogen) atoms. The second-order valence-corrected chi connectivity index (χ2v) is 11.2. The van der Waals surface area contributed by atoms with Crippen molar-refractivity contribution in [3.8, 4) is 11.1 Å². The molecule has 1 saturated heterocycles. The highest BCUT2D eigenvalue weighted by Gasteiger charge is 2.26. The topological polar surface area (TPSA) is 76.9 Å². The quantitative estimate of drug-likeness (QED) is 0.297. The summed E-state index contributed by atoms with van der Waals surface area (Å²) in [5.41, 5.74) is 5.57. The van der Waals surface area contributed by atoms with Gasteiger partial charge in [0.25, 0.3) is 0 Å². The molecular formula is C32H36N4O4. The molecule has 208 valence electrons. The number of carbonyl (C=O) groups is 2. The predicted octanol–water partition coefficient (Wildman–Crippen LogP) is 5.59. The Hall–Kier alpha value is -4.17. The van der Waals surface area contributed by atoms with Crippen molar-refractivity contribution in [1.29, 1.82) is 0 Å². The first-order chi connectivity index (χ1) is 19.2. The van der Waals surface area contributed by atoms with Gasteiger partial charge < -0.3 is 18.9 Å². The highest BCUT2D eigenvalue weighted by atomic mass is 16.6. The van der Waals surface area contributed by atoms with Gasteiger partial charge in [0.15, 0.2) is 0 Å². The van der Waals surface area contributed by atoms with E-state index in [0.29, 0.717) is 25.2 Å². The van der Waals surface area contributed by atoms with E-state index in [0.717, 1.165) is 47.4 Å². The summed E-state index contributed by atoms with van der Waals surface area (Å²) in [4.78, 5) is 33.0. The molecule has 0 saturated carbocycles. The van der Waals surface area contributed by atoms with Crippen molar-refractivity contribution < 1.29 is 19.1 Å². The molecule has 0 radical (unpaired) electrons. The number of aromatic nitrogens is 2. The van der Waals surface area contributed by atoms with E-state index in [2.05, 4.69) is 57.0 Å². The molecule has 2 aromatic heterocycles. The summed E-state index contributed by atoms with van der Waals surface area (Å²) in [5.74, 6) is -0.338. The lowest BCUT2D eigenvalue weighted by Gasteiger charge is -2.35. The third-order valence-corrected chi connectivity index (χ3v) is 7.06. The summed E-state index contributed by atoms with van der Waals surface area (Å²) in [6.07, 6.45) is 3.68. The lowest BCUT2D eigenvalue weighted by atomic mass is 10.0. The fourth-order valence-electron chi connectivity index (χ4n) is 5.04. The Morgan fingerprint density at radius 2 is 1.65 bits per heavy atom. The van der Waals surface area contributed by atoms with Crippen molar-refractivity contribution in [3.05, 3.63) is 89.7 Å². The van der Waals surface area contributed by atoms with Gasteiger partial charge >= 0.3 is 12.1 Å². The fourth-order valence-corrected chi connectivity index (χ4v) is 5.04. The molecule has 1 fully saturated rings. The Balaban J connectivity index is 1.27. The molecule has 1 amide bonds. The van der Waals surface area contributed by atoms with Crippen molar-refractivity contribution in [2.24, 2.45) is 0 Å². The van der Waals surface area contributed by atoms with E-state index in [1.165, 1.54) is 12.7 Å². The standard InChI is InChI=1S/C32H36N4O4/c1-32(2,3)40-31(38)35-18-16-34(17-19-35)21-24-6-5-7-26(20-24)27-12-14-33-29-28(27)13-15-36(29)22-23-8-10-25(11-9-23)30(37)39-4/h5-15,20H,16-19,21-22H2,1-4H3. The highest BCUT2D eigenvalue weighted by Crippen LogP contribution is 2.29. The number of hydrogen-bond donors (Lipinski definition) is 0. The summed E-state index contributed by atoms with van der Waals surface area (Å²) >= 11 is 0. The van der Waals surface area contributed by atoms with Gasteiger partial charge in [0.05, 0.1) is 12.7 Å². The smallest absolute Gasteiger partial charge is 0.410 e. The number of ether oxygens (including phenoxy) is 2. The average molecular weight is 541 g/mol. The first-order valence-corrected chi connectivity index (χ1v) is 13.6. The second-order valence-electron chi connectivity index (χ2n) is 11.2. The van der Waals surface area contributed by atoms with Crippen LogP contribution in [0.5, 0.6) is 0 Å². The zero-order chi connectivity index (χ0) is 28.3. The molecule has 2 aromatic carbocycles. The Kier molecular flexibility index (Phi) is 7.89. The number of esters is 1. The maximum Gasteiger partial charge on any atom is 0.410 e. The molecule has 0 atom stereocenters. The van der Waals surface area contributed by atoms with Crippen LogP contribution in [0.2, 0.25) is 0 Å². The molecule has 8 nitrogen and oxygen atoms in total. The number of methoxy groups -OCH3 is 1. The molecule has 0 unspecified atom stereocenters. The monoisotopic (exact) mass is 540 g/mol. The van der Waals surface area contributed by atoms with Gasteiger partial charge in [-0.05, 0) is 73.4 Å². The molecule has 5 rings (SSSR count). The molecule has 0 N–H and O–H groups in total. The molecule has 1 aliphatic heterocycles. The van der Waals surface area contributed by atoms with Gasteiger partial charge in [-0.25, -0.2) is 14.6 Å². The first kappa shape index (κ1) is 27.4. The van der Waals surface area contributed by atoms with Gasteiger partial charge in [-0.3, -0.25) is 4.90 Å². The molecule has 0 spiro atoms. The van der Waals surface area contributed by atoms with Crippen LogP contribution < -0.4 is 0 Å². The second kappa shape index (κ2) is 11.5. The van der Waals surface area contributed by atoms with E-state index in [1.54, 1.807) is 17.0 Å². The minimum Gasteiger partial charge on any atom is -0.465 e. The number of fused-ring (bicyclic) bond motifs is 1. The lowest BCUT2D eigenvalue weighted by Crippen LogP contribution is -2.49. The fraction of sp³-hybridized carbons (Fsp3) is 0.344. The van der Waals surface area contributed by atoms with Crippen LogP contribution in [-0.2, 0) is 22.6 Å². The average Bonchev–Trinajstić information content (AvgIpc) is 3.35. The minimum absolute atomic E-state index is 0.235. The Morgan fingerprint density at radius 3 is 2.35 bits per heavy atom. The normalized spacial score (nSPS) is 14.3. The summed E-state index contributed by atoms with van der Waals surface area (Å²) in [7, 11) is 1.39. The van der Waals surface area contributed by atoms with Crippen molar-refractivity contribution in [3.63, 3.8) is 0 Å². The molecule has 0 bridgehead atoms. The Morgan fingerprint density at radius 1 is 0.900 bits per heavy atom. The maximum atomic E-state index is 12.4. The lowest BCUT2D eigenvalue weighted by molar-refractivity contribution is 0.0139. The van der Waals surface area contributed by atoms with E-state index in [-0.39, 0.29) is 12.1 Å². The van der Waals surface area contributed by atoms with Gasteiger partial charge in [0.1, 0.15) is 11.2 Å². The van der Waals surface area contributed by atoms with Gasteiger partial charge in [0.2, 0.25) is 0 Å². The SMILES string of the molecule is COC(=O)c1ccc(Cn2ccc3c(-c4cccc(CN5CCN(C(=O)OC(C)(C)C)CC5)c4)ccnc32)cc1. The number of amides is 1. The van der Waals surface area contributed by atoms with E-state index >= 15 is 0 Å². The van der Waals surface area contributed by atoms with E-state index in [9.17, 15) is 9.59 Å². The van der Waals surface area contributed by atoms with Crippen LogP contribution in [0.3, 0.4) is 0 Å². The van der Waals surface area contributed by atoms with Crippen molar-refractivity contribution in [2.75, 3.05) is 33.3 Å². The Labute approximate surface area is 235 Å². The largest absolute Gasteiger partial charge is 0.465 e. The third kappa shape index (κ3) is 6.34. The van der Waals surface area contributed by atoms with E-state index in [1.807, 2.05) is 39.1 Å². The molecule has 8 heteroatoms. The molecule has 0 aliphatic carbocycles. The van der Waals surface area contributed by atoms with Crippen molar-refractivity contribution in [2.45, 2.75) is 39.5 Å². The zero-order valence-electron chi connectivity index (χ0n) is 23.6. The number of nitrogens with zero attached hydrogens (tertiary/aromatic N) is 4. The first-order valence-electron chi connectivity index (χ1n) is 13.6. The predicted molar refractivity (Wildman–Crippen MR) is 155 cm³/mol. The summed E-state index contributed by atoms with van der Waals surface area (Å²) < 4.78 is 12.5. The van der Waals surface area contributed by atoms with Crippen LogP contribution in [0.25, 0.3) is 22.2 Å². The number of carbonyl (C=O) groups excluding carboxylic acids is 2. The van der Waals surface area contributed by atoms with Gasteiger partial charge in [-0.15, -0.1) is 0 Å². The van der Waals surface area contributed by atoms with Crippen LogP contribution in [-0.4, -0.2) is 70.3 Å². The Bertz CT molecular complexity index is 1500. The maximum absolute atomic E-state index is 12.4. The number of hydrogen-bond acceptors (Lipinski definition) is 6. The zero-order valence-corrected chi connectivity index (χ0v) is 23.6. The number of pyridine rings is 1. The summed E-state index contributed by atoms with van der Waals surface area (Å²) in [5, 5.41) is 1.09. The van der Waals surface area contributed by atoms with Gasteiger partial charge in [-0.1, -0.05) is 30.3 Å². The van der Waals surface area contributed by atoms with Crippen LogP contribution in [0.15, 0.2) is 73.1 Å². The molecular weight excluding hydrogens is 504 g/mol. The summed E-state index contributed by atoms with van der Waals surface area (Å²) in [6.45, 7) is 10.1.